The van der Waals surface area contributed by atoms with E-state index in [0.717, 1.165) is 25.2 Å². The largest absolute Gasteiger partial charge is 0.399 e. The van der Waals surface area contributed by atoms with Crippen molar-refractivity contribution in [2.75, 3.05) is 37.8 Å². The maximum absolute atomic E-state index is 8.85. The first-order valence-electron chi connectivity index (χ1n) is 7.13. The highest BCUT2D eigenvalue weighted by Crippen LogP contribution is 2.28. The van der Waals surface area contributed by atoms with Crippen molar-refractivity contribution in [2.45, 2.75) is 31.7 Å². The molecular weight excluding hydrogens is 238 g/mol. The fourth-order valence-electron chi connectivity index (χ4n) is 2.69. The van der Waals surface area contributed by atoms with Gasteiger partial charge in [0.05, 0.1) is 6.61 Å². The summed E-state index contributed by atoms with van der Waals surface area (Å²) in [6.45, 7) is 2.06. The molecule has 0 saturated carbocycles. The number of hydrogen-bond donors (Lipinski definition) is 3. The van der Waals surface area contributed by atoms with Gasteiger partial charge in [0.25, 0.3) is 0 Å². The maximum Gasteiger partial charge on any atom is 0.0558 e. The van der Waals surface area contributed by atoms with Crippen molar-refractivity contribution in [1.82, 2.24) is 4.90 Å². The molecule has 4 heteroatoms. The molecule has 0 fully saturated rings. The summed E-state index contributed by atoms with van der Waals surface area (Å²) in [5.74, 6) is 0. The summed E-state index contributed by atoms with van der Waals surface area (Å²) in [5.41, 5.74) is 9.24. The van der Waals surface area contributed by atoms with E-state index in [-0.39, 0.29) is 6.61 Å². The molecule has 0 bridgehead atoms. The number of aliphatic hydroxyl groups excluding tert-OH is 1. The molecule has 0 aliphatic carbocycles. The zero-order valence-electron chi connectivity index (χ0n) is 11.7. The van der Waals surface area contributed by atoms with E-state index in [4.69, 9.17) is 10.8 Å². The van der Waals surface area contributed by atoms with Crippen LogP contribution in [0.4, 0.5) is 11.4 Å². The van der Waals surface area contributed by atoms with Crippen LogP contribution in [0.15, 0.2) is 18.2 Å². The van der Waals surface area contributed by atoms with Gasteiger partial charge in [-0.25, -0.2) is 0 Å². The number of aryl methyl sites for hydroxylation is 1. The van der Waals surface area contributed by atoms with E-state index in [9.17, 15) is 0 Å². The fraction of sp³-hybridized carbons (Fsp3) is 0.600. The molecule has 1 aliphatic rings. The van der Waals surface area contributed by atoms with Crippen molar-refractivity contribution >= 4 is 11.4 Å². The topological polar surface area (TPSA) is 61.5 Å². The van der Waals surface area contributed by atoms with Gasteiger partial charge in [-0.1, -0.05) is 0 Å². The Balaban J connectivity index is 1.77. The van der Waals surface area contributed by atoms with E-state index in [1.165, 1.54) is 30.5 Å². The van der Waals surface area contributed by atoms with Gasteiger partial charge in [0.1, 0.15) is 0 Å². The predicted molar refractivity (Wildman–Crippen MR) is 80.4 cm³/mol. The number of hydrogen-bond acceptors (Lipinski definition) is 4. The lowest BCUT2D eigenvalue weighted by molar-refractivity contribution is 0.218. The minimum absolute atomic E-state index is 0.243. The van der Waals surface area contributed by atoms with Gasteiger partial charge < -0.3 is 21.1 Å². The van der Waals surface area contributed by atoms with Gasteiger partial charge in [-0.3, -0.25) is 0 Å². The second-order valence-corrected chi connectivity index (χ2v) is 5.47. The third-order valence-corrected chi connectivity index (χ3v) is 3.83. The van der Waals surface area contributed by atoms with E-state index >= 15 is 0 Å². The van der Waals surface area contributed by atoms with Crippen molar-refractivity contribution in [3.63, 3.8) is 0 Å². The van der Waals surface area contributed by atoms with Gasteiger partial charge in [-0.15, -0.1) is 0 Å². The van der Waals surface area contributed by atoms with Crippen LogP contribution in [0.1, 0.15) is 24.8 Å². The highest BCUT2D eigenvalue weighted by molar-refractivity contribution is 5.59. The normalized spacial score (nSPS) is 18.2. The van der Waals surface area contributed by atoms with E-state index in [0.29, 0.717) is 6.04 Å². The number of aliphatic hydroxyl groups is 1. The van der Waals surface area contributed by atoms with Gasteiger partial charge in [-0.2, -0.15) is 0 Å². The van der Waals surface area contributed by atoms with E-state index < -0.39 is 0 Å². The Morgan fingerprint density at radius 3 is 3.05 bits per heavy atom. The first-order valence-corrected chi connectivity index (χ1v) is 7.13. The molecule has 2 rings (SSSR count). The van der Waals surface area contributed by atoms with Gasteiger partial charge in [-0.05, 0) is 63.0 Å². The predicted octanol–water partition coefficient (Wildman–Crippen LogP) is 1.70. The molecule has 0 amide bonds. The Bertz CT molecular complexity index is 408. The SMILES string of the molecule is CN(CCO)CCCC1CCc2cc(N)ccc2N1. The Labute approximate surface area is 115 Å². The number of anilines is 2. The Hall–Kier alpha value is -1.26. The van der Waals surface area contributed by atoms with E-state index in [1.807, 2.05) is 6.07 Å². The number of nitrogens with two attached hydrogens (primary N) is 1. The minimum Gasteiger partial charge on any atom is -0.399 e. The van der Waals surface area contributed by atoms with Crippen LogP contribution < -0.4 is 11.1 Å². The van der Waals surface area contributed by atoms with Gasteiger partial charge in [0.2, 0.25) is 0 Å². The van der Waals surface area contributed by atoms with Crippen molar-refractivity contribution in [2.24, 2.45) is 0 Å². The summed E-state index contributed by atoms with van der Waals surface area (Å²) < 4.78 is 0. The van der Waals surface area contributed by atoms with E-state index in [2.05, 4.69) is 29.4 Å². The third-order valence-electron chi connectivity index (χ3n) is 3.83. The molecule has 106 valence electrons. The highest BCUT2D eigenvalue weighted by Gasteiger charge is 2.17. The molecule has 1 heterocycles. The zero-order chi connectivity index (χ0) is 13.7. The lowest BCUT2D eigenvalue weighted by Gasteiger charge is -2.28. The Morgan fingerprint density at radius 2 is 2.26 bits per heavy atom. The smallest absolute Gasteiger partial charge is 0.0558 e. The van der Waals surface area contributed by atoms with Crippen molar-refractivity contribution < 1.29 is 5.11 Å². The monoisotopic (exact) mass is 263 g/mol. The summed E-state index contributed by atoms with van der Waals surface area (Å²) in [5, 5.41) is 12.5. The highest BCUT2D eigenvalue weighted by atomic mass is 16.3. The summed E-state index contributed by atoms with van der Waals surface area (Å²) >= 11 is 0. The second-order valence-electron chi connectivity index (χ2n) is 5.47. The molecule has 4 nitrogen and oxygen atoms in total. The first-order chi connectivity index (χ1) is 9.19. The van der Waals surface area contributed by atoms with Crippen LogP contribution in [0.25, 0.3) is 0 Å². The lowest BCUT2D eigenvalue weighted by atomic mass is 9.95. The molecule has 1 unspecified atom stereocenters. The minimum atomic E-state index is 0.243. The lowest BCUT2D eigenvalue weighted by Crippen LogP contribution is -2.28. The van der Waals surface area contributed by atoms with Gasteiger partial charge >= 0.3 is 0 Å². The van der Waals surface area contributed by atoms with Crippen LogP contribution in [0, 0.1) is 0 Å². The summed E-state index contributed by atoms with van der Waals surface area (Å²) in [6.07, 6.45) is 4.64. The van der Waals surface area contributed by atoms with Crippen LogP contribution in [-0.4, -0.2) is 42.8 Å². The van der Waals surface area contributed by atoms with Crippen molar-refractivity contribution in [1.29, 1.82) is 0 Å². The molecule has 1 aromatic rings. The standard InChI is InChI=1S/C15H25N3O/c1-18(9-10-19)8-2-3-14-6-4-12-11-13(16)5-7-15(12)17-14/h5,7,11,14,17,19H,2-4,6,8-10,16H2,1H3. The fourth-order valence-corrected chi connectivity index (χ4v) is 2.69. The summed E-state index contributed by atoms with van der Waals surface area (Å²) in [4.78, 5) is 2.18. The van der Waals surface area contributed by atoms with Crippen molar-refractivity contribution in [3.8, 4) is 0 Å². The number of fused-ring (bicyclic) bond motifs is 1. The van der Waals surface area contributed by atoms with Crippen molar-refractivity contribution in [3.05, 3.63) is 23.8 Å². The number of rotatable bonds is 6. The van der Waals surface area contributed by atoms with Gasteiger partial charge in [0.15, 0.2) is 0 Å². The summed E-state index contributed by atoms with van der Waals surface area (Å²) in [6, 6.07) is 6.70. The molecule has 0 radical (unpaired) electrons. The molecule has 4 N–H and O–H groups in total. The number of nitrogens with one attached hydrogen (secondary N) is 1. The quantitative estimate of drug-likeness (QED) is 0.684. The Kier molecular flexibility index (Phi) is 5.05. The number of nitrogen functional groups attached to an aromatic ring is 1. The third kappa shape index (κ3) is 4.11. The molecule has 0 saturated heterocycles. The van der Waals surface area contributed by atoms with Crippen LogP contribution in [0.2, 0.25) is 0 Å². The van der Waals surface area contributed by atoms with Gasteiger partial charge in [0, 0.05) is 24.0 Å². The Morgan fingerprint density at radius 1 is 1.42 bits per heavy atom. The maximum atomic E-state index is 8.85. The molecule has 1 atom stereocenters. The molecule has 1 aromatic carbocycles. The first kappa shape index (κ1) is 14.2. The molecule has 0 spiro atoms. The number of nitrogens with zero attached hydrogens (tertiary/aromatic N) is 1. The van der Waals surface area contributed by atoms with Crippen LogP contribution >= 0.6 is 0 Å². The van der Waals surface area contributed by atoms with Crippen LogP contribution in [0.5, 0.6) is 0 Å². The molecule has 19 heavy (non-hydrogen) atoms. The molecule has 1 aliphatic heterocycles. The average molecular weight is 263 g/mol. The summed E-state index contributed by atoms with van der Waals surface area (Å²) in [7, 11) is 2.06. The zero-order valence-corrected chi connectivity index (χ0v) is 11.7. The van der Waals surface area contributed by atoms with E-state index in [1.54, 1.807) is 0 Å². The second kappa shape index (κ2) is 6.78. The van der Waals surface area contributed by atoms with Crippen LogP contribution in [0.3, 0.4) is 0 Å². The van der Waals surface area contributed by atoms with Crippen LogP contribution in [-0.2, 0) is 6.42 Å². The molecular formula is C15H25N3O. The number of likely N-dealkylation sites (N-methyl/N-ethyl adjacent to an activating group) is 1. The molecule has 0 aromatic heterocycles. The number of benzene rings is 1. The average Bonchev–Trinajstić information content (AvgIpc) is 2.39.